The highest BCUT2D eigenvalue weighted by molar-refractivity contribution is 5.81. The van der Waals surface area contributed by atoms with E-state index in [-0.39, 0.29) is 24.3 Å². The summed E-state index contributed by atoms with van der Waals surface area (Å²) in [4.78, 5) is 34.4. The fourth-order valence-corrected chi connectivity index (χ4v) is 3.83. The van der Waals surface area contributed by atoms with Gasteiger partial charge in [0.25, 0.3) is 0 Å². The minimum Gasteiger partial charge on any atom is -0.406 e. The molecule has 2 heterocycles. The Kier molecular flexibility index (Phi) is 7.13. The molecule has 0 aliphatic carbocycles. The Morgan fingerprint density at radius 1 is 1.03 bits per heavy atom. The van der Waals surface area contributed by atoms with Gasteiger partial charge in [-0.05, 0) is 42.2 Å². The minimum atomic E-state index is -0.585. The van der Waals surface area contributed by atoms with Crippen molar-refractivity contribution < 1.29 is 13.9 Å². The average molecular weight is 458 g/mol. The zero-order valence-electron chi connectivity index (χ0n) is 19.4. The van der Waals surface area contributed by atoms with Crippen molar-refractivity contribution in [1.82, 2.24) is 15.3 Å². The Morgan fingerprint density at radius 3 is 2.50 bits per heavy atom. The van der Waals surface area contributed by atoms with Crippen LogP contribution in [0.2, 0.25) is 0 Å². The number of nitrogens with zero attached hydrogens (tertiary/aromatic N) is 2. The summed E-state index contributed by atoms with van der Waals surface area (Å²) in [6.45, 7) is 5.49. The van der Waals surface area contributed by atoms with Crippen LogP contribution in [0.25, 0.3) is 10.9 Å². The third-order valence-corrected chi connectivity index (χ3v) is 5.57. The molecule has 0 saturated heterocycles. The molecule has 2 aromatic heterocycles. The zero-order valence-corrected chi connectivity index (χ0v) is 19.4. The molecule has 4 rings (SSSR count). The smallest absolute Gasteiger partial charge is 0.347 e. The van der Waals surface area contributed by atoms with E-state index in [2.05, 4.69) is 15.3 Å². The van der Waals surface area contributed by atoms with Gasteiger partial charge >= 0.3 is 5.63 Å². The quantitative estimate of drug-likeness (QED) is 0.418. The molecule has 0 spiro atoms. The molecule has 2 atom stereocenters. The Balaban J connectivity index is 1.53. The van der Waals surface area contributed by atoms with E-state index in [4.69, 9.17) is 9.15 Å². The van der Waals surface area contributed by atoms with Crippen molar-refractivity contribution in [1.29, 1.82) is 0 Å². The van der Waals surface area contributed by atoms with Crippen LogP contribution in [0.1, 0.15) is 48.7 Å². The Morgan fingerprint density at radius 2 is 1.79 bits per heavy atom. The van der Waals surface area contributed by atoms with Gasteiger partial charge in [0.2, 0.25) is 11.8 Å². The molecule has 1 unspecified atom stereocenters. The second-order valence-electron chi connectivity index (χ2n) is 8.45. The fraction of sp³-hybridized carbons (Fsp3) is 0.259. The van der Waals surface area contributed by atoms with Gasteiger partial charge < -0.3 is 14.5 Å². The Bertz CT molecular complexity index is 1280. The maximum absolute atomic E-state index is 12.9. The van der Waals surface area contributed by atoms with Crippen LogP contribution in [0, 0.1) is 12.8 Å². The van der Waals surface area contributed by atoms with Crippen LogP contribution in [-0.2, 0) is 9.53 Å². The molecular weight excluding hydrogens is 430 g/mol. The number of carbonyl (C=O) groups is 1. The molecule has 34 heavy (non-hydrogen) atoms. The topological polar surface area (TPSA) is 94.3 Å². The number of benzene rings is 2. The maximum Gasteiger partial charge on any atom is 0.347 e. The molecule has 0 aliphatic rings. The van der Waals surface area contributed by atoms with Gasteiger partial charge in [0.15, 0.2) is 0 Å². The maximum atomic E-state index is 12.9. The van der Waals surface area contributed by atoms with E-state index in [1.807, 2.05) is 81.4 Å². The Labute approximate surface area is 197 Å². The number of nitrogens with one attached hydrogen (secondary N) is 1. The zero-order chi connectivity index (χ0) is 24.1. The fourth-order valence-electron chi connectivity index (χ4n) is 3.83. The van der Waals surface area contributed by atoms with Crippen LogP contribution in [-0.4, -0.2) is 22.5 Å². The highest BCUT2D eigenvalue weighted by Crippen LogP contribution is 2.25. The van der Waals surface area contributed by atoms with Gasteiger partial charge in [-0.25, -0.2) is 9.78 Å². The number of hydrogen-bond donors (Lipinski definition) is 1. The molecule has 4 aromatic rings. The largest absolute Gasteiger partial charge is 0.406 e. The molecule has 1 N–H and O–H groups in total. The first-order valence-corrected chi connectivity index (χ1v) is 11.2. The standard InChI is InChI=1S/C27H27N3O4/c1-17(2)24(26-29-20-14-9-10-18(3)23(20)27(32)34-26)30-22(31)16-33-25(19-11-5-4-6-12-19)21-13-7-8-15-28-21/h4-15,17,24-25H,16H2,1-3H3,(H,30,31)/t24?,25-/m0/s1. The number of rotatable bonds is 8. The molecule has 0 bridgehead atoms. The van der Waals surface area contributed by atoms with E-state index in [1.54, 1.807) is 12.3 Å². The second kappa shape index (κ2) is 10.4. The lowest BCUT2D eigenvalue weighted by atomic mass is 10.0. The van der Waals surface area contributed by atoms with Crippen LogP contribution in [0.15, 0.2) is 82.1 Å². The van der Waals surface area contributed by atoms with Crippen molar-refractivity contribution in [2.24, 2.45) is 5.92 Å². The summed E-state index contributed by atoms with van der Waals surface area (Å²) in [6.07, 6.45) is 1.20. The first kappa shape index (κ1) is 23.3. The summed E-state index contributed by atoms with van der Waals surface area (Å²) < 4.78 is 11.5. The molecule has 2 aromatic carbocycles. The van der Waals surface area contributed by atoms with E-state index in [0.717, 1.165) is 11.1 Å². The summed E-state index contributed by atoms with van der Waals surface area (Å²) >= 11 is 0. The van der Waals surface area contributed by atoms with E-state index in [1.165, 1.54) is 0 Å². The van der Waals surface area contributed by atoms with Gasteiger partial charge in [-0.15, -0.1) is 0 Å². The second-order valence-corrected chi connectivity index (χ2v) is 8.45. The number of amides is 1. The number of fused-ring (bicyclic) bond motifs is 1. The Hall–Kier alpha value is -3.84. The minimum absolute atomic E-state index is 0.0671. The molecule has 0 aliphatic heterocycles. The average Bonchev–Trinajstić information content (AvgIpc) is 2.83. The highest BCUT2D eigenvalue weighted by atomic mass is 16.5. The van der Waals surface area contributed by atoms with E-state index < -0.39 is 17.8 Å². The molecule has 7 heteroatoms. The van der Waals surface area contributed by atoms with Crippen molar-refractivity contribution in [3.05, 3.63) is 106 Å². The van der Waals surface area contributed by atoms with Crippen molar-refractivity contribution in [3.8, 4) is 0 Å². The lowest BCUT2D eigenvalue weighted by molar-refractivity contribution is -0.128. The third-order valence-electron chi connectivity index (χ3n) is 5.57. The summed E-state index contributed by atoms with van der Waals surface area (Å²) in [6, 6.07) is 20.1. The molecule has 0 saturated carbocycles. The van der Waals surface area contributed by atoms with Crippen molar-refractivity contribution in [2.75, 3.05) is 6.61 Å². The predicted molar refractivity (Wildman–Crippen MR) is 129 cm³/mol. The van der Waals surface area contributed by atoms with Crippen LogP contribution in [0.4, 0.5) is 0 Å². The molecule has 7 nitrogen and oxygen atoms in total. The van der Waals surface area contributed by atoms with Crippen LogP contribution < -0.4 is 10.9 Å². The lowest BCUT2D eigenvalue weighted by Gasteiger charge is -2.22. The van der Waals surface area contributed by atoms with Gasteiger partial charge in [-0.3, -0.25) is 9.78 Å². The van der Waals surface area contributed by atoms with Crippen molar-refractivity contribution in [2.45, 2.75) is 32.9 Å². The van der Waals surface area contributed by atoms with Gasteiger partial charge in [-0.1, -0.05) is 62.4 Å². The van der Waals surface area contributed by atoms with E-state index >= 15 is 0 Å². The summed E-state index contributed by atoms with van der Waals surface area (Å²) in [5.41, 5.74) is 2.48. The number of aromatic nitrogens is 2. The number of ether oxygens (including phenoxy) is 1. The number of pyridine rings is 1. The van der Waals surface area contributed by atoms with Gasteiger partial charge in [0.1, 0.15) is 18.8 Å². The van der Waals surface area contributed by atoms with E-state index in [0.29, 0.717) is 16.6 Å². The van der Waals surface area contributed by atoms with Crippen molar-refractivity contribution >= 4 is 16.8 Å². The lowest BCUT2D eigenvalue weighted by Crippen LogP contribution is -2.35. The summed E-state index contributed by atoms with van der Waals surface area (Å²) in [5.74, 6) is -0.234. The highest BCUT2D eigenvalue weighted by Gasteiger charge is 2.25. The monoisotopic (exact) mass is 457 g/mol. The molecule has 1 amide bonds. The SMILES string of the molecule is Cc1cccc2nc(C(NC(=O)CO[C@@H](c3ccccc3)c3ccccn3)C(C)C)oc(=O)c12. The molecule has 0 fully saturated rings. The van der Waals surface area contributed by atoms with Crippen molar-refractivity contribution in [3.63, 3.8) is 0 Å². The summed E-state index contributed by atoms with van der Waals surface area (Å²) in [7, 11) is 0. The molecule has 174 valence electrons. The van der Waals surface area contributed by atoms with Gasteiger partial charge in [0, 0.05) is 6.20 Å². The van der Waals surface area contributed by atoms with Crippen LogP contribution >= 0.6 is 0 Å². The van der Waals surface area contributed by atoms with Gasteiger partial charge in [-0.2, -0.15) is 0 Å². The van der Waals surface area contributed by atoms with Crippen LogP contribution in [0.3, 0.4) is 0 Å². The number of hydrogen-bond acceptors (Lipinski definition) is 6. The normalized spacial score (nSPS) is 13.1. The molecular formula is C27H27N3O4. The van der Waals surface area contributed by atoms with Crippen LogP contribution in [0.5, 0.6) is 0 Å². The first-order chi connectivity index (χ1) is 16.4. The summed E-state index contributed by atoms with van der Waals surface area (Å²) in [5, 5.41) is 3.37. The third kappa shape index (κ3) is 5.21. The number of aryl methyl sites for hydroxylation is 1. The van der Waals surface area contributed by atoms with E-state index in [9.17, 15) is 9.59 Å². The first-order valence-electron chi connectivity index (χ1n) is 11.2. The number of carbonyl (C=O) groups excluding carboxylic acids is 1. The molecule has 0 radical (unpaired) electrons. The predicted octanol–water partition coefficient (Wildman–Crippen LogP) is 4.51. The van der Waals surface area contributed by atoms with Gasteiger partial charge in [0.05, 0.1) is 16.6 Å².